The first-order valence-electron chi connectivity index (χ1n) is 22.7. The molecule has 5 aliphatic carbocycles. The van der Waals surface area contributed by atoms with Crippen LogP contribution in [0.4, 0.5) is 17.1 Å². The van der Waals surface area contributed by atoms with Crippen LogP contribution < -0.4 is 4.90 Å². The molecule has 6 aliphatic rings. The van der Waals surface area contributed by atoms with Gasteiger partial charge in [0, 0.05) is 32.3 Å². The Hall–Kier alpha value is -5.05. The fraction of sp³-hybridized carbons (Fsp3) is 0.310. The Morgan fingerprint density at radius 2 is 1.13 bits per heavy atom. The highest BCUT2D eigenvalue weighted by atomic mass is 32.2. The average molecular weight is 796 g/mol. The summed E-state index contributed by atoms with van der Waals surface area (Å²) in [6.07, 6.45) is 8.24. The molecule has 6 unspecified atom stereocenters. The van der Waals surface area contributed by atoms with Gasteiger partial charge in [-0.3, -0.25) is 0 Å². The molecular formula is C58H53NS. The van der Waals surface area contributed by atoms with Gasteiger partial charge in [-0.05, 0) is 188 Å². The van der Waals surface area contributed by atoms with Crippen LogP contribution in [0.1, 0.15) is 88.5 Å². The number of fused-ring (bicyclic) bond motifs is 9. The van der Waals surface area contributed by atoms with Crippen LogP contribution >= 0.6 is 11.8 Å². The molecular weight excluding hydrogens is 743 g/mol. The molecule has 0 radical (unpaired) electrons. The second-order valence-corrected chi connectivity index (χ2v) is 21.9. The Labute approximate surface area is 360 Å². The number of rotatable bonds is 5. The minimum Gasteiger partial charge on any atom is -0.310 e. The van der Waals surface area contributed by atoms with Crippen LogP contribution in [0, 0.1) is 29.1 Å². The monoisotopic (exact) mass is 795 g/mol. The van der Waals surface area contributed by atoms with Crippen molar-refractivity contribution in [3.05, 3.63) is 174 Å². The maximum absolute atomic E-state index is 2.65. The van der Waals surface area contributed by atoms with Crippen molar-refractivity contribution in [2.75, 3.05) is 4.90 Å². The van der Waals surface area contributed by atoms with E-state index in [1.54, 1.807) is 11.1 Å². The summed E-state index contributed by atoms with van der Waals surface area (Å²) in [5.74, 6) is 3.42. The van der Waals surface area contributed by atoms with E-state index in [4.69, 9.17) is 0 Å². The van der Waals surface area contributed by atoms with Crippen molar-refractivity contribution in [1.29, 1.82) is 0 Å². The molecule has 6 atom stereocenters. The zero-order valence-corrected chi connectivity index (χ0v) is 36.2. The van der Waals surface area contributed by atoms with Crippen molar-refractivity contribution in [3.8, 4) is 22.3 Å². The Balaban J connectivity index is 0.961. The minimum atomic E-state index is 0.121. The summed E-state index contributed by atoms with van der Waals surface area (Å²) in [7, 11) is 0. The quantitative estimate of drug-likeness (QED) is 0.171. The highest BCUT2D eigenvalue weighted by molar-refractivity contribution is 7.99. The summed E-state index contributed by atoms with van der Waals surface area (Å²) >= 11 is 2.01. The van der Waals surface area contributed by atoms with Gasteiger partial charge in [-0.15, -0.1) is 0 Å². The Bertz CT molecular complexity index is 2920. The first kappa shape index (κ1) is 35.7. The molecule has 4 saturated carbocycles. The van der Waals surface area contributed by atoms with Gasteiger partial charge >= 0.3 is 0 Å². The molecule has 7 aromatic carbocycles. The lowest BCUT2D eigenvalue weighted by atomic mass is 9.26. The molecule has 1 heterocycles. The summed E-state index contributed by atoms with van der Waals surface area (Å²) in [6.45, 7) is 9.73. The molecule has 0 aromatic heterocycles. The second kappa shape index (κ2) is 12.3. The standard InChI is InChI=1S/C58H53NS/c1-55(2)26-27-56(3,4)49-32-42(20-24-47(49)55)40-12-9-13-45(31-40)59(44-21-18-38(19-22-44)41-17-16-37-10-5-6-11-39(37)30-41)46-23-25-52-50(34-46)58(48-14-7-8-15-51(48)60-52)53-29-36-28-43-33-54(58)57(43,53)35-36/h5-25,30-32,34,36,43,53-54H,26-29,33,35H2,1-4H3. The molecule has 296 valence electrons. The topological polar surface area (TPSA) is 3.24 Å². The SMILES string of the molecule is CC1(C)CCC(C)(C)c2cc(-c3cccc(N(c4ccc(-c5ccc6ccccc6c5)cc4)c4ccc5c(c4)C4(c6ccccc6S5)C5CC6CC7CC4C75C6)c3)ccc21. The number of nitrogens with zero attached hydrogens (tertiary/aromatic N) is 1. The molecule has 7 aromatic rings. The Kier molecular flexibility index (Phi) is 7.31. The van der Waals surface area contributed by atoms with Crippen LogP contribution in [-0.4, -0.2) is 0 Å². The van der Waals surface area contributed by atoms with E-state index in [0.717, 1.165) is 23.7 Å². The first-order chi connectivity index (χ1) is 29.1. The summed E-state index contributed by atoms with van der Waals surface area (Å²) in [6, 6.07) is 58.7. The van der Waals surface area contributed by atoms with Gasteiger partial charge in [0.15, 0.2) is 0 Å². The van der Waals surface area contributed by atoms with Crippen molar-refractivity contribution in [2.45, 2.75) is 92.3 Å². The van der Waals surface area contributed by atoms with E-state index in [1.807, 2.05) is 11.8 Å². The first-order valence-corrected chi connectivity index (χ1v) is 23.5. The van der Waals surface area contributed by atoms with E-state index in [9.17, 15) is 0 Å². The van der Waals surface area contributed by atoms with Crippen molar-refractivity contribution in [2.24, 2.45) is 29.1 Å². The van der Waals surface area contributed by atoms with Crippen molar-refractivity contribution in [1.82, 2.24) is 0 Å². The van der Waals surface area contributed by atoms with E-state index in [-0.39, 0.29) is 16.2 Å². The van der Waals surface area contributed by atoms with Crippen molar-refractivity contribution in [3.63, 3.8) is 0 Å². The third-order valence-electron chi connectivity index (χ3n) is 17.2. The van der Waals surface area contributed by atoms with Crippen LogP contribution in [0.25, 0.3) is 33.0 Å². The van der Waals surface area contributed by atoms with Crippen LogP contribution in [0.5, 0.6) is 0 Å². The molecule has 0 N–H and O–H groups in total. The number of hydrogen-bond acceptors (Lipinski definition) is 2. The highest BCUT2D eigenvalue weighted by Gasteiger charge is 2.84. The van der Waals surface area contributed by atoms with Gasteiger partial charge < -0.3 is 4.90 Å². The number of anilines is 3. The third kappa shape index (κ3) is 4.72. The van der Waals surface area contributed by atoms with E-state index in [0.29, 0.717) is 5.41 Å². The second-order valence-electron chi connectivity index (χ2n) is 20.9. The van der Waals surface area contributed by atoms with Gasteiger partial charge in [-0.2, -0.15) is 0 Å². The average Bonchev–Trinajstić information content (AvgIpc) is 3.81. The lowest BCUT2D eigenvalue weighted by molar-refractivity contribution is -0.235. The van der Waals surface area contributed by atoms with Crippen LogP contribution in [0.3, 0.4) is 0 Å². The summed E-state index contributed by atoms with van der Waals surface area (Å²) in [4.78, 5) is 5.51. The molecule has 1 nitrogen and oxygen atoms in total. The molecule has 1 aliphatic heterocycles. The summed E-state index contributed by atoms with van der Waals surface area (Å²) in [5, 5.41) is 2.56. The smallest absolute Gasteiger partial charge is 0.0467 e. The van der Waals surface area contributed by atoms with Crippen LogP contribution in [-0.2, 0) is 16.2 Å². The van der Waals surface area contributed by atoms with Crippen LogP contribution in [0.2, 0.25) is 0 Å². The van der Waals surface area contributed by atoms with Gasteiger partial charge in [0.05, 0.1) is 0 Å². The van der Waals surface area contributed by atoms with Gasteiger partial charge in [-0.1, -0.05) is 137 Å². The number of hydrogen-bond donors (Lipinski definition) is 0. The molecule has 2 heteroatoms. The summed E-state index contributed by atoms with van der Waals surface area (Å²) in [5.41, 5.74) is 16.1. The highest BCUT2D eigenvalue weighted by Crippen LogP contribution is 2.89. The lowest BCUT2D eigenvalue weighted by Crippen LogP contribution is -2.74. The molecule has 60 heavy (non-hydrogen) atoms. The molecule has 4 fully saturated rings. The van der Waals surface area contributed by atoms with E-state index < -0.39 is 0 Å². The maximum atomic E-state index is 2.65. The Morgan fingerprint density at radius 3 is 1.98 bits per heavy atom. The van der Waals surface area contributed by atoms with Crippen molar-refractivity contribution >= 4 is 39.6 Å². The van der Waals surface area contributed by atoms with E-state index >= 15 is 0 Å². The zero-order chi connectivity index (χ0) is 40.2. The molecule has 0 amide bonds. The minimum absolute atomic E-state index is 0.121. The van der Waals surface area contributed by atoms with Gasteiger partial charge in [0.1, 0.15) is 0 Å². The van der Waals surface area contributed by atoms with Gasteiger partial charge in [0.2, 0.25) is 0 Å². The fourth-order valence-corrected chi connectivity index (χ4v) is 15.6. The number of benzene rings is 7. The fourth-order valence-electron chi connectivity index (χ4n) is 14.4. The molecule has 2 spiro atoms. The predicted molar refractivity (Wildman–Crippen MR) is 251 cm³/mol. The van der Waals surface area contributed by atoms with E-state index in [1.165, 1.54) is 110 Å². The van der Waals surface area contributed by atoms with E-state index in [2.05, 4.69) is 184 Å². The maximum Gasteiger partial charge on any atom is 0.0467 e. The van der Waals surface area contributed by atoms with Gasteiger partial charge in [-0.25, -0.2) is 0 Å². The Morgan fingerprint density at radius 1 is 0.467 bits per heavy atom. The van der Waals surface area contributed by atoms with Crippen molar-refractivity contribution < 1.29 is 0 Å². The summed E-state index contributed by atoms with van der Waals surface area (Å²) < 4.78 is 0. The van der Waals surface area contributed by atoms with Gasteiger partial charge in [0.25, 0.3) is 0 Å². The van der Waals surface area contributed by atoms with Crippen LogP contribution in [0.15, 0.2) is 161 Å². The zero-order valence-electron chi connectivity index (χ0n) is 35.3. The molecule has 2 bridgehead atoms. The lowest BCUT2D eigenvalue weighted by Gasteiger charge is -2.78. The third-order valence-corrected chi connectivity index (χ3v) is 18.4. The molecule has 0 saturated heterocycles. The normalized spacial score (nSPS) is 27.9. The predicted octanol–water partition coefficient (Wildman–Crippen LogP) is 15.8. The molecule has 13 rings (SSSR count). The largest absolute Gasteiger partial charge is 0.310 e.